The molecule has 0 aliphatic carbocycles. The van der Waals surface area contributed by atoms with Crippen LogP contribution in [0.2, 0.25) is 0 Å². The number of hydrogen-bond acceptors (Lipinski definition) is 5. The number of aromatic amines is 1. The molecule has 1 amide bonds. The van der Waals surface area contributed by atoms with Crippen molar-refractivity contribution in [2.75, 3.05) is 14.2 Å². The number of nitrogens with zero attached hydrogens (tertiary/aromatic N) is 1. The number of nitrogens with one attached hydrogen (secondary N) is 2. The molecule has 0 aliphatic heterocycles. The van der Waals surface area contributed by atoms with E-state index in [1.165, 1.54) is 14.2 Å². The smallest absolute Gasteiger partial charge is 0.305 e. The zero-order chi connectivity index (χ0) is 20.1. The fourth-order valence-corrected chi connectivity index (χ4v) is 3.05. The molecule has 1 heterocycles. The number of aromatic nitrogens is 2. The van der Waals surface area contributed by atoms with Gasteiger partial charge in [-0.1, -0.05) is 24.3 Å². The average molecular weight is 383 g/mol. The van der Waals surface area contributed by atoms with E-state index in [2.05, 4.69) is 15.5 Å². The van der Waals surface area contributed by atoms with Crippen LogP contribution in [0.3, 0.4) is 0 Å². The zero-order valence-corrected chi connectivity index (χ0v) is 15.6. The highest BCUT2D eigenvalue weighted by Gasteiger charge is 2.21. The molecule has 28 heavy (non-hydrogen) atoms. The second-order valence-electron chi connectivity index (χ2n) is 6.23. The molecule has 0 saturated heterocycles. The van der Waals surface area contributed by atoms with Crippen molar-refractivity contribution >= 4 is 22.8 Å². The van der Waals surface area contributed by atoms with E-state index in [0.29, 0.717) is 22.8 Å². The van der Waals surface area contributed by atoms with Crippen molar-refractivity contribution in [2.45, 2.75) is 18.9 Å². The van der Waals surface area contributed by atoms with Gasteiger partial charge in [-0.2, -0.15) is 5.10 Å². The molecule has 3 aromatic rings. The molecule has 1 atom stereocenters. The van der Waals surface area contributed by atoms with Gasteiger partial charge in [-0.3, -0.25) is 14.7 Å². The lowest BCUT2D eigenvalue weighted by Crippen LogP contribution is -2.31. The summed E-state index contributed by atoms with van der Waals surface area (Å²) in [7, 11) is 3.01. The number of carbonyl (C=O) groups is 2. The number of ether oxygens (including phenoxy) is 2. The quantitative estimate of drug-likeness (QED) is 0.551. The normalized spacial score (nSPS) is 11.8. The molecule has 3 rings (SSSR count). The monoisotopic (exact) mass is 383 g/mol. The summed E-state index contributed by atoms with van der Waals surface area (Å²) in [5.41, 5.74) is 2.06. The largest absolute Gasteiger partial charge is 0.493 e. The summed E-state index contributed by atoms with van der Waals surface area (Å²) in [4.78, 5) is 23.9. The van der Waals surface area contributed by atoms with Gasteiger partial charge in [-0.05, 0) is 23.8 Å². The number of para-hydroxylation sites is 1. The topological polar surface area (TPSA) is 114 Å². The van der Waals surface area contributed by atoms with Crippen molar-refractivity contribution in [1.82, 2.24) is 15.5 Å². The van der Waals surface area contributed by atoms with E-state index in [4.69, 9.17) is 9.47 Å². The second kappa shape index (κ2) is 8.43. The summed E-state index contributed by atoms with van der Waals surface area (Å²) >= 11 is 0. The van der Waals surface area contributed by atoms with Crippen molar-refractivity contribution in [3.05, 3.63) is 53.7 Å². The number of carbonyl (C=O) groups excluding carboxylic acids is 1. The van der Waals surface area contributed by atoms with E-state index in [1.807, 2.05) is 24.3 Å². The lowest BCUT2D eigenvalue weighted by atomic mass is 10.0. The first kappa shape index (κ1) is 19.2. The van der Waals surface area contributed by atoms with Crippen LogP contribution in [-0.4, -0.2) is 41.4 Å². The predicted octanol–water partition coefficient (Wildman–Crippen LogP) is 2.45. The van der Waals surface area contributed by atoms with E-state index in [-0.39, 0.29) is 18.7 Å². The number of aliphatic carboxylic acids is 1. The third kappa shape index (κ3) is 4.22. The first-order valence-electron chi connectivity index (χ1n) is 8.67. The van der Waals surface area contributed by atoms with Gasteiger partial charge >= 0.3 is 5.97 Å². The van der Waals surface area contributed by atoms with Gasteiger partial charge in [0.2, 0.25) is 5.91 Å². The van der Waals surface area contributed by atoms with Crippen molar-refractivity contribution in [3.63, 3.8) is 0 Å². The first-order valence-corrected chi connectivity index (χ1v) is 8.67. The molecule has 146 valence electrons. The Morgan fingerprint density at radius 3 is 2.61 bits per heavy atom. The van der Waals surface area contributed by atoms with Crippen LogP contribution in [0, 0.1) is 0 Å². The number of methoxy groups -OCH3 is 2. The average Bonchev–Trinajstić information content (AvgIpc) is 3.09. The van der Waals surface area contributed by atoms with Crippen LogP contribution >= 0.6 is 0 Å². The van der Waals surface area contributed by atoms with Crippen molar-refractivity contribution in [3.8, 4) is 11.5 Å². The summed E-state index contributed by atoms with van der Waals surface area (Å²) in [5, 5.41) is 19.9. The highest BCUT2D eigenvalue weighted by Crippen LogP contribution is 2.31. The minimum atomic E-state index is -1.02. The molecule has 1 aromatic heterocycles. The molecule has 0 saturated carbocycles. The molecule has 1 unspecified atom stereocenters. The number of carboxylic acids is 1. The number of hydrogen-bond donors (Lipinski definition) is 3. The van der Waals surface area contributed by atoms with Gasteiger partial charge in [-0.25, -0.2) is 0 Å². The number of amides is 1. The molecule has 8 nitrogen and oxygen atoms in total. The van der Waals surface area contributed by atoms with E-state index in [9.17, 15) is 14.7 Å². The van der Waals surface area contributed by atoms with Crippen molar-refractivity contribution in [1.29, 1.82) is 0 Å². The molecule has 0 bridgehead atoms. The number of carboxylic acid groups (broad SMARTS) is 1. The zero-order valence-electron chi connectivity index (χ0n) is 15.6. The van der Waals surface area contributed by atoms with E-state index >= 15 is 0 Å². The minimum Gasteiger partial charge on any atom is -0.493 e. The first-order chi connectivity index (χ1) is 13.5. The summed E-state index contributed by atoms with van der Waals surface area (Å²) in [5.74, 6) is -0.345. The molecule has 0 aliphatic rings. The standard InChI is InChI=1S/C20H21N3O5/c1-27-17-8-7-12(9-18(17)28-2)15(11-20(25)26)21-19(24)10-16-13-5-3-4-6-14(13)22-23-16/h3-9,15H,10-11H2,1-2H3,(H,21,24)(H,22,23)(H,25,26). The molecule has 0 fully saturated rings. The minimum absolute atomic E-state index is 0.0594. The van der Waals surface area contributed by atoms with Gasteiger partial charge in [-0.15, -0.1) is 0 Å². The molecule has 3 N–H and O–H groups in total. The van der Waals surface area contributed by atoms with E-state index in [1.54, 1.807) is 18.2 Å². The summed E-state index contributed by atoms with van der Waals surface area (Å²) in [6.45, 7) is 0. The summed E-state index contributed by atoms with van der Waals surface area (Å²) in [6, 6.07) is 11.8. The fraction of sp³-hybridized carbons (Fsp3) is 0.250. The van der Waals surface area contributed by atoms with Crippen molar-refractivity contribution < 1.29 is 24.2 Å². The maximum Gasteiger partial charge on any atom is 0.305 e. The lowest BCUT2D eigenvalue weighted by Gasteiger charge is -2.19. The number of rotatable bonds is 8. The van der Waals surface area contributed by atoms with Crippen LogP contribution in [0.25, 0.3) is 10.9 Å². The third-order valence-electron chi connectivity index (χ3n) is 4.40. The Labute approximate surface area is 161 Å². The van der Waals surface area contributed by atoms with Gasteiger partial charge in [0.1, 0.15) is 0 Å². The molecular weight excluding hydrogens is 362 g/mol. The predicted molar refractivity (Wildman–Crippen MR) is 102 cm³/mol. The van der Waals surface area contributed by atoms with E-state index < -0.39 is 12.0 Å². The van der Waals surface area contributed by atoms with Crippen LogP contribution in [-0.2, 0) is 16.0 Å². The Morgan fingerprint density at radius 2 is 1.89 bits per heavy atom. The molecular formula is C20H21N3O5. The summed E-state index contributed by atoms with van der Waals surface area (Å²) < 4.78 is 10.5. The number of H-pyrrole nitrogens is 1. The highest BCUT2D eigenvalue weighted by molar-refractivity contribution is 5.87. The number of fused-ring (bicyclic) bond motifs is 1. The van der Waals surface area contributed by atoms with Gasteiger partial charge in [0, 0.05) is 5.39 Å². The van der Waals surface area contributed by atoms with Crippen LogP contribution < -0.4 is 14.8 Å². The Kier molecular flexibility index (Phi) is 5.78. The van der Waals surface area contributed by atoms with E-state index in [0.717, 1.165) is 10.9 Å². The van der Waals surface area contributed by atoms with Gasteiger partial charge < -0.3 is 19.9 Å². The van der Waals surface area contributed by atoms with Crippen molar-refractivity contribution in [2.24, 2.45) is 0 Å². The maximum atomic E-state index is 12.6. The van der Waals surface area contributed by atoms with Crippen LogP contribution in [0.1, 0.15) is 23.7 Å². The second-order valence-corrected chi connectivity index (χ2v) is 6.23. The third-order valence-corrected chi connectivity index (χ3v) is 4.40. The van der Waals surface area contributed by atoms with Gasteiger partial charge in [0.25, 0.3) is 0 Å². The Balaban J connectivity index is 1.80. The Bertz CT molecular complexity index is 998. The van der Waals surface area contributed by atoms with Crippen LogP contribution in [0.5, 0.6) is 11.5 Å². The molecule has 8 heteroatoms. The Hall–Kier alpha value is -3.55. The molecule has 0 radical (unpaired) electrons. The molecule has 0 spiro atoms. The van der Waals surface area contributed by atoms with Crippen LogP contribution in [0.15, 0.2) is 42.5 Å². The van der Waals surface area contributed by atoms with Gasteiger partial charge in [0.15, 0.2) is 11.5 Å². The van der Waals surface area contributed by atoms with Crippen LogP contribution in [0.4, 0.5) is 0 Å². The van der Waals surface area contributed by atoms with Gasteiger partial charge in [0.05, 0.1) is 44.3 Å². The molecule has 2 aromatic carbocycles. The Morgan fingerprint density at radius 1 is 1.14 bits per heavy atom. The maximum absolute atomic E-state index is 12.6. The SMILES string of the molecule is COc1ccc(C(CC(=O)O)NC(=O)Cc2[nH]nc3ccccc23)cc1OC. The number of benzene rings is 2. The lowest BCUT2D eigenvalue weighted by molar-refractivity contribution is -0.137. The highest BCUT2D eigenvalue weighted by atomic mass is 16.5. The summed E-state index contributed by atoms with van der Waals surface area (Å²) in [6.07, 6.45) is -0.200. The fourth-order valence-electron chi connectivity index (χ4n) is 3.05.